The fraction of sp³-hybridized carbons (Fsp3) is 0.217. The van der Waals surface area contributed by atoms with Crippen molar-refractivity contribution in [2.24, 2.45) is 5.92 Å². The molecule has 3 aliphatic rings. The van der Waals surface area contributed by atoms with E-state index in [4.69, 9.17) is 0 Å². The molecule has 0 radical (unpaired) electrons. The van der Waals surface area contributed by atoms with Gasteiger partial charge in [0.05, 0.1) is 5.41 Å². The van der Waals surface area contributed by atoms with Crippen LogP contribution in [-0.4, -0.2) is 0 Å². The van der Waals surface area contributed by atoms with Gasteiger partial charge in [0.15, 0.2) is 0 Å². The van der Waals surface area contributed by atoms with Gasteiger partial charge in [0, 0.05) is 0 Å². The molecule has 0 nitrogen and oxygen atoms in total. The topological polar surface area (TPSA) is 0 Å². The van der Waals surface area contributed by atoms with Crippen LogP contribution in [0.4, 0.5) is 0 Å². The first kappa shape index (κ1) is 13.1. The van der Waals surface area contributed by atoms with E-state index in [0.29, 0.717) is 5.92 Å². The lowest BCUT2D eigenvalue weighted by molar-refractivity contribution is 0.448. The van der Waals surface area contributed by atoms with Crippen LogP contribution in [0.1, 0.15) is 30.4 Å². The third kappa shape index (κ3) is 1.61. The van der Waals surface area contributed by atoms with Gasteiger partial charge in [-0.1, -0.05) is 78.9 Å². The van der Waals surface area contributed by atoms with Gasteiger partial charge in [0.2, 0.25) is 0 Å². The molecule has 1 atom stereocenters. The molecule has 0 N–H and O–H groups in total. The summed E-state index contributed by atoms with van der Waals surface area (Å²) in [7, 11) is 0. The van der Waals surface area contributed by atoms with E-state index in [1.807, 2.05) is 0 Å². The molecule has 0 saturated carbocycles. The lowest BCUT2D eigenvalue weighted by Gasteiger charge is -2.38. The lowest BCUT2D eigenvalue weighted by Crippen LogP contribution is -2.34. The van der Waals surface area contributed by atoms with Crippen LogP contribution >= 0.6 is 0 Å². The van der Waals surface area contributed by atoms with Crippen LogP contribution in [-0.2, 0) is 5.41 Å². The van der Waals surface area contributed by atoms with Crippen molar-refractivity contribution in [1.29, 1.82) is 0 Å². The van der Waals surface area contributed by atoms with Crippen molar-refractivity contribution < 1.29 is 0 Å². The van der Waals surface area contributed by atoms with Crippen molar-refractivity contribution in [3.05, 3.63) is 95.6 Å². The van der Waals surface area contributed by atoms with Crippen molar-refractivity contribution in [3.8, 4) is 11.1 Å². The van der Waals surface area contributed by atoms with E-state index in [9.17, 15) is 0 Å². The van der Waals surface area contributed by atoms with Crippen molar-refractivity contribution in [2.45, 2.75) is 24.7 Å². The second-order valence-corrected chi connectivity index (χ2v) is 6.81. The highest BCUT2D eigenvalue weighted by Gasteiger charge is 2.50. The molecule has 0 fully saturated rings. The highest BCUT2D eigenvalue weighted by molar-refractivity contribution is 5.84. The van der Waals surface area contributed by atoms with Crippen molar-refractivity contribution >= 4 is 0 Å². The quantitative estimate of drug-likeness (QED) is 0.614. The number of fused-ring (bicyclic) bond motifs is 3. The summed E-state index contributed by atoms with van der Waals surface area (Å²) in [6.45, 7) is 0. The first-order chi connectivity index (χ1) is 11.4. The van der Waals surface area contributed by atoms with Crippen LogP contribution < -0.4 is 0 Å². The average Bonchev–Trinajstić information content (AvgIpc) is 3.34. The van der Waals surface area contributed by atoms with E-state index in [-0.39, 0.29) is 5.41 Å². The van der Waals surface area contributed by atoms with Crippen molar-refractivity contribution in [1.82, 2.24) is 0 Å². The minimum absolute atomic E-state index is 0.00713. The van der Waals surface area contributed by atoms with E-state index in [0.717, 1.165) is 6.42 Å². The molecule has 0 spiro atoms. The summed E-state index contributed by atoms with van der Waals surface area (Å²) in [6, 6.07) is 18.1. The van der Waals surface area contributed by atoms with Gasteiger partial charge in [-0.15, -0.1) is 0 Å². The average molecular weight is 296 g/mol. The van der Waals surface area contributed by atoms with E-state index in [1.165, 1.54) is 40.7 Å². The van der Waals surface area contributed by atoms with Gasteiger partial charge >= 0.3 is 0 Å². The maximum absolute atomic E-state index is 2.46. The van der Waals surface area contributed by atoms with Crippen LogP contribution in [0, 0.1) is 5.92 Å². The zero-order valence-electron chi connectivity index (χ0n) is 13.2. The fourth-order valence-electron chi connectivity index (χ4n) is 4.94. The Kier molecular flexibility index (Phi) is 2.76. The Morgan fingerprint density at radius 3 is 2.09 bits per heavy atom. The van der Waals surface area contributed by atoms with Crippen LogP contribution in [0.2, 0.25) is 0 Å². The highest BCUT2D eigenvalue weighted by Crippen LogP contribution is 2.59. The van der Waals surface area contributed by atoms with Gasteiger partial charge in [-0.25, -0.2) is 0 Å². The molecule has 0 saturated heterocycles. The maximum Gasteiger partial charge on any atom is 0.0522 e. The highest BCUT2D eigenvalue weighted by atomic mass is 14.5. The molecular formula is C23H20. The number of hydrogen-bond acceptors (Lipinski definition) is 0. The summed E-state index contributed by atoms with van der Waals surface area (Å²) >= 11 is 0. The minimum atomic E-state index is 0.00713. The molecule has 2 aromatic rings. The smallest absolute Gasteiger partial charge is 0.0522 e. The Labute approximate surface area is 137 Å². The van der Waals surface area contributed by atoms with Crippen LogP contribution in [0.25, 0.3) is 11.1 Å². The monoisotopic (exact) mass is 296 g/mol. The van der Waals surface area contributed by atoms with Gasteiger partial charge in [-0.05, 0) is 53.0 Å². The number of allylic oxidation sites excluding steroid dienone is 6. The predicted molar refractivity (Wildman–Crippen MR) is 96.4 cm³/mol. The standard InChI is InChI=1S/C23H20/c1-2-10-17(9-1)23(18-11-3-4-12-18)21-15-7-5-13-19(21)20-14-6-8-16-22(20)23/h1,3,5-11,13-16,18H,2,4,12H2. The molecule has 1 unspecified atom stereocenters. The van der Waals surface area contributed by atoms with Gasteiger partial charge < -0.3 is 0 Å². The first-order valence-electron chi connectivity index (χ1n) is 8.65. The van der Waals surface area contributed by atoms with Crippen molar-refractivity contribution in [3.63, 3.8) is 0 Å². The summed E-state index contributed by atoms with van der Waals surface area (Å²) in [6.07, 6.45) is 15.5. The first-order valence-corrected chi connectivity index (χ1v) is 8.65. The second-order valence-electron chi connectivity index (χ2n) is 6.81. The molecular weight excluding hydrogens is 276 g/mol. The molecule has 5 rings (SSSR count). The predicted octanol–water partition coefficient (Wildman–Crippen LogP) is 5.81. The third-order valence-electron chi connectivity index (χ3n) is 5.79. The molecule has 0 bridgehead atoms. The van der Waals surface area contributed by atoms with Gasteiger partial charge in [0.25, 0.3) is 0 Å². The molecule has 112 valence electrons. The SMILES string of the molecule is C1=CC(C2(C3C=CCC3)c3ccccc3-c3ccccc32)=CC1. The van der Waals surface area contributed by atoms with Crippen LogP contribution in [0.3, 0.4) is 0 Å². The largest absolute Gasteiger partial charge is 0.0882 e. The Morgan fingerprint density at radius 1 is 0.826 bits per heavy atom. The van der Waals surface area contributed by atoms with Crippen LogP contribution in [0.15, 0.2) is 84.5 Å². The summed E-state index contributed by atoms with van der Waals surface area (Å²) < 4.78 is 0. The summed E-state index contributed by atoms with van der Waals surface area (Å²) in [5, 5.41) is 0. The molecule has 23 heavy (non-hydrogen) atoms. The molecule has 3 aliphatic carbocycles. The molecule has 0 heterocycles. The normalized spacial score (nSPS) is 23.0. The lowest BCUT2D eigenvalue weighted by atomic mass is 9.63. The number of hydrogen-bond donors (Lipinski definition) is 0. The summed E-state index contributed by atoms with van der Waals surface area (Å²) in [5.41, 5.74) is 7.33. The number of rotatable bonds is 2. The molecule has 0 aliphatic heterocycles. The Bertz CT molecular complexity index is 818. The van der Waals surface area contributed by atoms with E-state index in [1.54, 1.807) is 0 Å². The zero-order valence-corrected chi connectivity index (χ0v) is 13.2. The Hall–Kier alpha value is -2.34. The second kappa shape index (κ2) is 4.83. The molecule has 0 aromatic heterocycles. The Morgan fingerprint density at radius 2 is 1.52 bits per heavy atom. The van der Waals surface area contributed by atoms with Crippen LogP contribution in [0.5, 0.6) is 0 Å². The third-order valence-corrected chi connectivity index (χ3v) is 5.79. The van der Waals surface area contributed by atoms with Gasteiger partial charge in [-0.3, -0.25) is 0 Å². The van der Waals surface area contributed by atoms with Gasteiger partial charge in [-0.2, -0.15) is 0 Å². The summed E-state index contributed by atoms with van der Waals surface area (Å²) in [5.74, 6) is 0.557. The fourth-order valence-corrected chi connectivity index (χ4v) is 4.94. The zero-order chi connectivity index (χ0) is 15.3. The Balaban J connectivity index is 1.90. The molecule has 2 aromatic carbocycles. The van der Waals surface area contributed by atoms with E-state index < -0.39 is 0 Å². The van der Waals surface area contributed by atoms with E-state index in [2.05, 4.69) is 78.9 Å². The minimum Gasteiger partial charge on any atom is -0.0882 e. The molecule has 0 amide bonds. The maximum atomic E-state index is 2.46. The summed E-state index contributed by atoms with van der Waals surface area (Å²) in [4.78, 5) is 0. The van der Waals surface area contributed by atoms with Gasteiger partial charge in [0.1, 0.15) is 0 Å². The van der Waals surface area contributed by atoms with Crippen molar-refractivity contribution in [2.75, 3.05) is 0 Å². The molecule has 0 heteroatoms. The van der Waals surface area contributed by atoms with E-state index >= 15 is 0 Å². The number of benzene rings is 2.